The van der Waals surface area contributed by atoms with E-state index in [9.17, 15) is 4.79 Å². The van der Waals surface area contributed by atoms with E-state index in [-0.39, 0.29) is 5.56 Å². The number of benzene rings is 2. The highest BCUT2D eigenvalue weighted by molar-refractivity contribution is 7.99. The lowest BCUT2D eigenvalue weighted by Gasteiger charge is -2.07. The van der Waals surface area contributed by atoms with Crippen molar-refractivity contribution in [1.82, 2.24) is 0 Å². The Balaban J connectivity index is 1.71. The van der Waals surface area contributed by atoms with Crippen molar-refractivity contribution in [2.45, 2.75) is 18.2 Å². The van der Waals surface area contributed by atoms with E-state index in [1.807, 2.05) is 0 Å². The van der Waals surface area contributed by atoms with Crippen LogP contribution in [0.1, 0.15) is 22.3 Å². The van der Waals surface area contributed by atoms with Gasteiger partial charge in [-0.05, 0) is 43.7 Å². The van der Waals surface area contributed by atoms with Gasteiger partial charge in [-0.25, -0.2) is 4.79 Å². The van der Waals surface area contributed by atoms with Crippen LogP contribution in [0.5, 0.6) is 5.75 Å². The molecule has 0 heterocycles. The summed E-state index contributed by atoms with van der Waals surface area (Å²) in [4.78, 5) is 12.1. The summed E-state index contributed by atoms with van der Waals surface area (Å²) in [6, 6.07) is 15.0. The van der Waals surface area contributed by atoms with E-state index in [0.29, 0.717) is 12.4 Å². The minimum atomic E-state index is -0.935. The van der Waals surface area contributed by atoms with Crippen molar-refractivity contribution >= 4 is 17.7 Å². The monoisotopic (exact) mass is 302 g/mol. The van der Waals surface area contributed by atoms with E-state index < -0.39 is 5.97 Å². The van der Waals surface area contributed by atoms with Gasteiger partial charge in [-0.15, -0.1) is 11.8 Å². The zero-order valence-corrected chi connectivity index (χ0v) is 12.7. The smallest absolute Gasteiger partial charge is 0.335 e. The Hall–Kier alpha value is -1.94. The maximum atomic E-state index is 10.9. The molecular formula is C17H18O3S. The largest absolute Gasteiger partial charge is 0.494 e. The number of carbonyl (C=O) groups is 1. The molecule has 0 aliphatic heterocycles. The number of carboxylic acids is 1. The van der Waals surface area contributed by atoms with Crippen molar-refractivity contribution in [3.05, 3.63) is 59.7 Å². The molecule has 2 rings (SSSR count). The van der Waals surface area contributed by atoms with E-state index in [1.54, 1.807) is 36.0 Å². The first-order valence-corrected chi connectivity index (χ1v) is 7.79. The molecule has 0 saturated heterocycles. The molecule has 21 heavy (non-hydrogen) atoms. The van der Waals surface area contributed by atoms with Crippen molar-refractivity contribution in [2.75, 3.05) is 12.4 Å². The van der Waals surface area contributed by atoms with Crippen LogP contribution in [0.15, 0.2) is 53.4 Å². The highest BCUT2D eigenvalue weighted by Crippen LogP contribution is 2.19. The molecule has 0 aromatic heterocycles. The Kier molecular flexibility index (Phi) is 5.69. The highest BCUT2D eigenvalue weighted by atomic mass is 32.2. The Bertz CT molecular complexity index is 593. The number of aryl methyl sites for hydroxylation is 1. The van der Waals surface area contributed by atoms with Crippen LogP contribution < -0.4 is 4.74 Å². The maximum absolute atomic E-state index is 10.9. The standard InChI is InChI=1S/C17H18O3S/c1-13-6-8-16(9-7-13)21-11-3-10-20-15-5-2-4-14(12-15)17(18)19/h2,4-9,12H,3,10-11H2,1H3,(H,18,19). The Morgan fingerprint density at radius 3 is 2.67 bits per heavy atom. The normalized spacial score (nSPS) is 10.3. The molecule has 0 unspecified atom stereocenters. The van der Waals surface area contributed by atoms with Gasteiger partial charge in [0, 0.05) is 10.6 Å². The van der Waals surface area contributed by atoms with Gasteiger partial charge in [-0.2, -0.15) is 0 Å². The van der Waals surface area contributed by atoms with Crippen molar-refractivity contribution in [3.8, 4) is 5.75 Å². The van der Waals surface area contributed by atoms with Crippen LogP contribution in [-0.4, -0.2) is 23.4 Å². The van der Waals surface area contributed by atoms with Gasteiger partial charge in [0.05, 0.1) is 12.2 Å². The predicted octanol–water partition coefficient (Wildman–Crippen LogP) is 4.25. The fourth-order valence-corrected chi connectivity index (χ4v) is 2.62. The summed E-state index contributed by atoms with van der Waals surface area (Å²) >= 11 is 1.80. The van der Waals surface area contributed by atoms with Crippen LogP contribution in [0.3, 0.4) is 0 Å². The molecule has 0 bridgehead atoms. The van der Waals surface area contributed by atoms with Crippen molar-refractivity contribution in [1.29, 1.82) is 0 Å². The van der Waals surface area contributed by atoms with Gasteiger partial charge in [0.15, 0.2) is 0 Å². The second-order valence-electron chi connectivity index (χ2n) is 4.70. The molecule has 0 aliphatic carbocycles. The van der Waals surface area contributed by atoms with Gasteiger partial charge >= 0.3 is 5.97 Å². The minimum Gasteiger partial charge on any atom is -0.494 e. The van der Waals surface area contributed by atoms with Crippen LogP contribution in [0.4, 0.5) is 0 Å². The van der Waals surface area contributed by atoms with Gasteiger partial charge in [-0.3, -0.25) is 0 Å². The van der Waals surface area contributed by atoms with Crippen LogP contribution in [-0.2, 0) is 0 Å². The van der Waals surface area contributed by atoms with E-state index in [4.69, 9.17) is 9.84 Å². The van der Waals surface area contributed by atoms with Gasteiger partial charge in [-0.1, -0.05) is 23.8 Å². The molecule has 2 aromatic carbocycles. The third-order valence-corrected chi connectivity index (χ3v) is 4.03. The van der Waals surface area contributed by atoms with Crippen LogP contribution >= 0.6 is 11.8 Å². The van der Waals surface area contributed by atoms with E-state index in [2.05, 4.69) is 31.2 Å². The molecule has 0 fully saturated rings. The summed E-state index contributed by atoms with van der Waals surface area (Å²) in [5.41, 5.74) is 1.52. The third kappa shape index (κ3) is 5.16. The number of rotatable bonds is 7. The Morgan fingerprint density at radius 1 is 1.19 bits per heavy atom. The van der Waals surface area contributed by atoms with E-state index >= 15 is 0 Å². The maximum Gasteiger partial charge on any atom is 0.335 e. The quantitative estimate of drug-likeness (QED) is 0.613. The molecule has 4 heteroatoms. The molecule has 0 atom stereocenters. The summed E-state index contributed by atoms with van der Waals surface area (Å²) < 4.78 is 5.58. The first-order valence-electron chi connectivity index (χ1n) is 6.81. The van der Waals surface area contributed by atoms with Gasteiger partial charge in [0.2, 0.25) is 0 Å². The average Bonchev–Trinajstić information content (AvgIpc) is 2.49. The highest BCUT2D eigenvalue weighted by Gasteiger charge is 2.03. The number of hydrogen-bond donors (Lipinski definition) is 1. The van der Waals surface area contributed by atoms with Crippen molar-refractivity contribution in [2.24, 2.45) is 0 Å². The zero-order valence-electron chi connectivity index (χ0n) is 11.9. The second-order valence-corrected chi connectivity index (χ2v) is 5.86. The number of ether oxygens (including phenoxy) is 1. The lowest BCUT2D eigenvalue weighted by Crippen LogP contribution is -2.01. The summed E-state index contributed by atoms with van der Waals surface area (Å²) in [6.07, 6.45) is 0.913. The number of thioether (sulfide) groups is 1. The average molecular weight is 302 g/mol. The molecular weight excluding hydrogens is 284 g/mol. The SMILES string of the molecule is Cc1ccc(SCCCOc2cccc(C(=O)O)c2)cc1. The molecule has 0 radical (unpaired) electrons. The first kappa shape index (κ1) is 15.4. The molecule has 0 amide bonds. The van der Waals surface area contributed by atoms with Crippen LogP contribution in [0.25, 0.3) is 0 Å². The number of carboxylic acid groups (broad SMARTS) is 1. The van der Waals surface area contributed by atoms with Crippen LogP contribution in [0, 0.1) is 6.92 Å². The molecule has 2 aromatic rings. The number of aromatic carboxylic acids is 1. The topological polar surface area (TPSA) is 46.5 Å². The molecule has 1 N–H and O–H groups in total. The summed E-state index contributed by atoms with van der Waals surface area (Å²) in [5, 5.41) is 8.91. The third-order valence-electron chi connectivity index (χ3n) is 2.93. The molecule has 0 spiro atoms. The van der Waals surface area contributed by atoms with Gasteiger partial charge in [0.25, 0.3) is 0 Å². The fraction of sp³-hybridized carbons (Fsp3) is 0.235. The van der Waals surface area contributed by atoms with Crippen LogP contribution in [0.2, 0.25) is 0 Å². The van der Waals surface area contributed by atoms with Gasteiger partial charge < -0.3 is 9.84 Å². The van der Waals surface area contributed by atoms with Gasteiger partial charge in [0.1, 0.15) is 5.75 Å². The number of hydrogen-bond acceptors (Lipinski definition) is 3. The second kappa shape index (κ2) is 7.74. The minimum absolute atomic E-state index is 0.251. The summed E-state index contributed by atoms with van der Waals surface area (Å²) in [6.45, 7) is 2.66. The van der Waals surface area contributed by atoms with E-state index in [0.717, 1.165) is 12.2 Å². The lowest BCUT2D eigenvalue weighted by atomic mass is 10.2. The van der Waals surface area contributed by atoms with Crippen molar-refractivity contribution < 1.29 is 14.6 Å². The predicted molar refractivity (Wildman–Crippen MR) is 85.4 cm³/mol. The molecule has 110 valence electrons. The zero-order chi connectivity index (χ0) is 15.1. The lowest BCUT2D eigenvalue weighted by molar-refractivity contribution is 0.0696. The fourth-order valence-electron chi connectivity index (χ4n) is 1.79. The van der Waals surface area contributed by atoms with E-state index in [1.165, 1.54) is 10.5 Å². The summed E-state index contributed by atoms with van der Waals surface area (Å²) in [7, 11) is 0. The summed E-state index contributed by atoms with van der Waals surface area (Å²) in [5.74, 6) is 0.646. The molecule has 3 nitrogen and oxygen atoms in total. The molecule has 0 aliphatic rings. The molecule has 0 saturated carbocycles. The first-order chi connectivity index (χ1) is 10.1. The Labute approximate surface area is 129 Å². The Morgan fingerprint density at radius 2 is 1.95 bits per heavy atom. The van der Waals surface area contributed by atoms with Crippen molar-refractivity contribution in [3.63, 3.8) is 0 Å².